The molecule has 1 aliphatic heterocycles. The van der Waals surface area contributed by atoms with E-state index in [0.717, 1.165) is 50.5 Å². The maximum absolute atomic E-state index is 6.06. The minimum Gasteiger partial charge on any atom is -0.324 e. The van der Waals surface area contributed by atoms with Crippen molar-refractivity contribution in [1.29, 1.82) is 0 Å². The third kappa shape index (κ3) is 4.44. The van der Waals surface area contributed by atoms with Gasteiger partial charge in [-0.3, -0.25) is 4.90 Å². The topological polar surface area (TPSA) is 44.3 Å². The van der Waals surface area contributed by atoms with Gasteiger partial charge in [-0.25, -0.2) is 9.97 Å². The Kier molecular flexibility index (Phi) is 5.66. The third-order valence-corrected chi connectivity index (χ3v) is 4.68. The molecule has 0 saturated carbocycles. The minimum absolute atomic E-state index is 0.586. The zero-order valence-corrected chi connectivity index (χ0v) is 15.1. The number of likely N-dealkylation sites (N-methyl/N-ethyl adjacent to an activating group) is 1. The highest BCUT2D eigenvalue weighted by molar-refractivity contribution is 6.31. The van der Waals surface area contributed by atoms with Gasteiger partial charge in [-0.15, -0.1) is 0 Å². The molecule has 6 heteroatoms. The lowest BCUT2D eigenvalue weighted by atomic mass is 10.2. The fourth-order valence-electron chi connectivity index (χ4n) is 2.80. The first-order valence-corrected chi connectivity index (χ1v) is 8.80. The fourth-order valence-corrected chi connectivity index (χ4v) is 3.02. The van der Waals surface area contributed by atoms with E-state index < -0.39 is 0 Å². The number of rotatable bonds is 5. The van der Waals surface area contributed by atoms with Gasteiger partial charge in [0.1, 0.15) is 0 Å². The highest BCUT2D eigenvalue weighted by Crippen LogP contribution is 2.19. The molecule has 0 radical (unpaired) electrons. The standard InChI is InChI=1S/C18H24ClN5/c1-3-17-16(19)12-20-18(22-17)21-15-6-4-14(5-7-15)13-24-10-8-23(2)9-11-24/h4-7,12H,3,8-11,13H2,1-2H3,(H,20,21,22). The van der Waals surface area contributed by atoms with E-state index in [1.807, 2.05) is 6.92 Å². The lowest BCUT2D eigenvalue weighted by Gasteiger charge is -2.32. The molecule has 24 heavy (non-hydrogen) atoms. The Balaban J connectivity index is 1.60. The number of aromatic nitrogens is 2. The molecule has 1 saturated heterocycles. The number of aryl methyl sites for hydroxylation is 1. The first-order chi connectivity index (χ1) is 11.6. The van der Waals surface area contributed by atoms with E-state index in [2.05, 4.69) is 56.4 Å². The molecule has 0 amide bonds. The molecule has 2 heterocycles. The second kappa shape index (κ2) is 7.92. The average Bonchev–Trinajstić information content (AvgIpc) is 2.60. The molecular formula is C18H24ClN5. The van der Waals surface area contributed by atoms with Gasteiger partial charge in [-0.1, -0.05) is 30.7 Å². The van der Waals surface area contributed by atoms with Crippen LogP contribution in [-0.4, -0.2) is 53.0 Å². The molecule has 128 valence electrons. The van der Waals surface area contributed by atoms with Crippen LogP contribution >= 0.6 is 11.6 Å². The Bertz CT molecular complexity index is 666. The van der Waals surface area contributed by atoms with E-state index in [-0.39, 0.29) is 0 Å². The van der Waals surface area contributed by atoms with Gasteiger partial charge < -0.3 is 10.2 Å². The van der Waals surface area contributed by atoms with Crippen molar-refractivity contribution in [1.82, 2.24) is 19.8 Å². The summed E-state index contributed by atoms with van der Waals surface area (Å²) in [5.74, 6) is 0.586. The summed E-state index contributed by atoms with van der Waals surface area (Å²) in [6.07, 6.45) is 2.44. The van der Waals surface area contributed by atoms with Crippen molar-refractivity contribution in [2.24, 2.45) is 0 Å². The fraction of sp³-hybridized carbons (Fsp3) is 0.444. The van der Waals surface area contributed by atoms with Crippen molar-refractivity contribution < 1.29 is 0 Å². The SMILES string of the molecule is CCc1nc(Nc2ccc(CN3CCN(C)CC3)cc2)ncc1Cl. The van der Waals surface area contributed by atoms with Crippen molar-refractivity contribution in [3.8, 4) is 0 Å². The summed E-state index contributed by atoms with van der Waals surface area (Å²) in [6, 6.07) is 8.48. The van der Waals surface area contributed by atoms with E-state index in [9.17, 15) is 0 Å². The van der Waals surface area contributed by atoms with Gasteiger partial charge in [0.25, 0.3) is 0 Å². The van der Waals surface area contributed by atoms with Gasteiger partial charge in [0.05, 0.1) is 16.9 Å². The quantitative estimate of drug-likeness (QED) is 0.901. The Morgan fingerprint density at radius 3 is 2.50 bits per heavy atom. The number of benzene rings is 1. The summed E-state index contributed by atoms with van der Waals surface area (Å²) >= 11 is 6.06. The first-order valence-electron chi connectivity index (χ1n) is 8.42. The Labute approximate surface area is 148 Å². The lowest BCUT2D eigenvalue weighted by molar-refractivity contribution is 0.148. The van der Waals surface area contributed by atoms with Crippen LogP contribution in [0.1, 0.15) is 18.2 Å². The Morgan fingerprint density at radius 1 is 1.12 bits per heavy atom. The summed E-state index contributed by atoms with van der Waals surface area (Å²) in [7, 11) is 2.18. The van der Waals surface area contributed by atoms with Crippen molar-refractivity contribution in [3.63, 3.8) is 0 Å². The summed E-state index contributed by atoms with van der Waals surface area (Å²) in [6.45, 7) is 7.60. The van der Waals surface area contributed by atoms with E-state index in [1.165, 1.54) is 5.56 Å². The second-order valence-electron chi connectivity index (χ2n) is 6.24. The van der Waals surface area contributed by atoms with Crippen LogP contribution in [0, 0.1) is 0 Å². The number of nitrogens with one attached hydrogen (secondary N) is 1. The zero-order valence-electron chi connectivity index (χ0n) is 14.3. The highest BCUT2D eigenvalue weighted by Gasteiger charge is 2.13. The molecule has 1 aliphatic rings. The molecule has 0 unspecified atom stereocenters. The summed E-state index contributed by atoms with van der Waals surface area (Å²) in [4.78, 5) is 13.6. The summed E-state index contributed by atoms with van der Waals surface area (Å²) in [5.41, 5.74) is 3.18. The molecular weight excluding hydrogens is 322 g/mol. The van der Waals surface area contributed by atoms with Gasteiger partial charge in [0.2, 0.25) is 5.95 Å². The first kappa shape index (κ1) is 17.1. The number of anilines is 2. The molecule has 3 rings (SSSR count). The van der Waals surface area contributed by atoms with Gasteiger partial charge >= 0.3 is 0 Å². The molecule has 0 spiro atoms. The molecule has 0 aliphatic carbocycles. The monoisotopic (exact) mass is 345 g/mol. The van der Waals surface area contributed by atoms with E-state index in [4.69, 9.17) is 11.6 Å². The number of hydrogen-bond acceptors (Lipinski definition) is 5. The van der Waals surface area contributed by atoms with Crippen LogP contribution in [0.15, 0.2) is 30.5 Å². The molecule has 5 nitrogen and oxygen atoms in total. The average molecular weight is 346 g/mol. The molecule has 1 aromatic heterocycles. The minimum atomic E-state index is 0.586. The smallest absolute Gasteiger partial charge is 0.227 e. The van der Waals surface area contributed by atoms with E-state index in [0.29, 0.717) is 11.0 Å². The summed E-state index contributed by atoms with van der Waals surface area (Å²) in [5, 5.41) is 3.86. The predicted octanol–water partition coefficient (Wildman–Crippen LogP) is 3.18. The van der Waals surface area contributed by atoms with Crippen molar-refractivity contribution in [2.45, 2.75) is 19.9 Å². The Morgan fingerprint density at radius 2 is 1.83 bits per heavy atom. The number of halogens is 1. The van der Waals surface area contributed by atoms with Crippen LogP contribution in [0.5, 0.6) is 0 Å². The van der Waals surface area contributed by atoms with Crippen LogP contribution < -0.4 is 5.32 Å². The number of hydrogen-bond donors (Lipinski definition) is 1. The van der Waals surface area contributed by atoms with Crippen LogP contribution in [0.3, 0.4) is 0 Å². The third-order valence-electron chi connectivity index (χ3n) is 4.36. The zero-order chi connectivity index (χ0) is 16.9. The maximum atomic E-state index is 6.06. The lowest BCUT2D eigenvalue weighted by Crippen LogP contribution is -2.43. The van der Waals surface area contributed by atoms with Crippen LogP contribution in [-0.2, 0) is 13.0 Å². The number of piperazine rings is 1. The largest absolute Gasteiger partial charge is 0.324 e. The maximum Gasteiger partial charge on any atom is 0.227 e. The molecule has 0 bridgehead atoms. The van der Waals surface area contributed by atoms with Crippen molar-refractivity contribution in [3.05, 3.63) is 46.7 Å². The van der Waals surface area contributed by atoms with Crippen LogP contribution in [0.4, 0.5) is 11.6 Å². The van der Waals surface area contributed by atoms with E-state index >= 15 is 0 Å². The molecule has 1 fully saturated rings. The summed E-state index contributed by atoms with van der Waals surface area (Å²) < 4.78 is 0. The Hall–Kier alpha value is -1.69. The van der Waals surface area contributed by atoms with Crippen LogP contribution in [0.2, 0.25) is 5.02 Å². The van der Waals surface area contributed by atoms with Gasteiger partial charge in [-0.2, -0.15) is 0 Å². The van der Waals surface area contributed by atoms with Gasteiger partial charge in [-0.05, 0) is 31.2 Å². The van der Waals surface area contributed by atoms with Crippen molar-refractivity contribution in [2.75, 3.05) is 38.5 Å². The molecule has 1 aromatic carbocycles. The van der Waals surface area contributed by atoms with Crippen molar-refractivity contribution >= 4 is 23.2 Å². The normalized spacial score (nSPS) is 16.3. The molecule has 1 N–H and O–H groups in total. The second-order valence-corrected chi connectivity index (χ2v) is 6.65. The van der Waals surface area contributed by atoms with Gasteiger partial charge in [0.15, 0.2) is 0 Å². The predicted molar refractivity (Wildman–Crippen MR) is 98.9 cm³/mol. The van der Waals surface area contributed by atoms with Crippen LogP contribution in [0.25, 0.3) is 0 Å². The van der Waals surface area contributed by atoms with Gasteiger partial charge in [0, 0.05) is 38.4 Å². The molecule has 2 aromatic rings. The highest BCUT2D eigenvalue weighted by atomic mass is 35.5. The molecule has 0 atom stereocenters. The number of nitrogens with zero attached hydrogens (tertiary/aromatic N) is 4. The van der Waals surface area contributed by atoms with E-state index in [1.54, 1.807) is 6.20 Å².